The SMILES string of the molecule is Cc1cc2c(cc1S(=O)(=O)NC1CCN(S(=O)(=O)c3ccc(C(=O)O)cc3)CC1)S(=O)(=O)c1ccccc1C2(C)C. The van der Waals surface area contributed by atoms with Gasteiger partial charge < -0.3 is 5.11 Å². The Balaban J connectivity index is 1.37. The first-order valence-corrected chi connectivity index (χ1v) is 17.3. The fourth-order valence-corrected chi connectivity index (χ4v) is 10.7. The van der Waals surface area contributed by atoms with E-state index in [0.29, 0.717) is 16.7 Å². The highest BCUT2D eigenvalue weighted by Crippen LogP contribution is 2.46. The highest BCUT2D eigenvalue weighted by Gasteiger charge is 2.42. The molecule has 10 nitrogen and oxygen atoms in total. The van der Waals surface area contributed by atoms with E-state index in [1.54, 1.807) is 31.2 Å². The summed E-state index contributed by atoms with van der Waals surface area (Å²) in [5, 5.41) is 9.05. The molecular weight excluding hydrogens is 589 g/mol. The highest BCUT2D eigenvalue weighted by molar-refractivity contribution is 7.92. The molecule has 5 rings (SSSR count). The molecule has 0 aliphatic carbocycles. The van der Waals surface area contributed by atoms with E-state index in [1.807, 2.05) is 13.8 Å². The largest absolute Gasteiger partial charge is 0.478 e. The molecule has 1 saturated heterocycles. The summed E-state index contributed by atoms with van der Waals surface area (Å²) >= 11 is 0. The van der Waals surface area contributed by atoms with Crippen molar-refractivity contribution in [2.75, 3.05) is 13.1 Å². The number of benzene rings is 3. The Morgan fingerprint density at radius 2 is 1.54 bits per heavy atom. The van der Waals surface area contributed by atoms with Gasteiger partial charge in [0.05, 0.1) is 25.1 Å². The number of hydrogen-bond donors (Lipinski definition) is 2. The average molecular weight is 619 g/mol. The summed E-state index contributed by atoms with van der Waals surface area (Å²) < 4.78 is 84.1. The van der Waals surface area contributed by atoms with Crippen LogP contribution in [0.1, 0.15) is 53.7 Å². The van der Waals surface area contributed by atoms with Gasteiger partial charge in [0.15, 0.2) is 0 Å². The predicted molar refractivity (Wildman–Crippen MR) is 151 cm³/mol. The lowest BCUT2D eigenvalue weighted by Gasteiger charge is -2.35. The van der Waals surface area contributed by atoms with Crippen LogP contribution in [0.3, 0.4) is 0 Å². The summed E-state index contributed by atoms with van der Waals surface area (Å²) in [7, 11) is -12.0. The van der Waals surface area contributed by atoms with Crippen molar-refractivity contribution in [2.24, 2.45) is 0 Å². The number of piperidine rings is 1. The second kappa shape index (κ2) is 10.0. The highest BCUT2D eigenvalue weighted by atomic mass is 32.2. The molecule has 2 heterocycles. The Kier molecular flexibility index (Phi) is 7.18. The lowest BCUT2D eigenvalue weighted by atomic mass is 9.77. The minimum atomic E-state index is -4.14. The topological polar surface area (TPSA) is 155 Å². The van der Waals surface area contributed by atoms with Crippen molar-refractivity contribution in [2.45, 2.75) is 64.7 Å². The van der Waals surface area contributed by atoms with Crippen molar-refractivity contribution in [1.82, 2.24) is 9.03 Å². The predicted octanol–water partition coefficient (Wildman–Crippen LogP) is 3.30. The van der Waals surface area contributed by atoms with Gasteiger partial charge in [-0.1, -0.05) is 38.1 Å². The summed E-state index contributed by atoms with van der Waals surface area (Å²) in [6.45, 7) is 5.56. The lowest BCUT2D eigenvalue weighted by molar-refractivity contribution is 0.0696. The molecule has 3 aromatic carbocycles. The normalized spacial score (nSPS) is 18.8. The number of sulfonamides is 2. The number of sulfone groups is 1. The summed E-state index contributed by atoms with van der Waals surface area (Å²) in [5.74, 6) is -1.16. The number of carboxylic acid groups (broad SMARTS) is 1. The third-order valence-electron chi connectivity index (χ3n) is 7.89. The van der Waals surface area contributed by atoms with Crippen LogP contribution in [0.15, 0.2) is 80.2 Å². The van der Waals surface area contributed by atoms with Crippen LogP contribution < -0.4 is 4.72 Å². The third kappa shape index (κ3) is 4.99. The van der Waals surface area contributed by atoms with Crippen LogP contribution in [0.2, 0.25) is 0 Å². The molecule has 2 aliphatic rings. The first kappa shape index (κ1) is 29.4. The quantitative estimate of drug-likeness (QED) is 0.427. The van der Waals surface area contributed by atoms with Gasteiger partial charge in [-0.2, -0.15) is 4.31 Å². The molecular formula is C28H30N2O8S3. The van der Waals surface area contributed by atoms with Crippen LogP contribution in [0.4, 0.5) is 0 Å². The number of hydrogen-bond acceptors (Lipinski definition) is 7. The minimum Gasteiger partial charge on any atom is -0.478 e. The van der Waals surface area contributed by atoms with E-state index in [2.05, 4.69) is 4.72 Å². The van der Waals surface area contributed by atoms with Crippen LogP contribution in [0.5, 0.6) is 0 Å². The Hall–Kier alpha value is -3.10. The van der Waals surface area contributed by atoms with E-state index in [4.69, 9.17) is 5.11 Å². The van der Waals surface area contributed by atoms with Crippen LogP contribution in [-0.2, 0) is 35.3 Å². The summed E-state index contributed by atoms with van der Waals surface area (Å²) in [5.41, 5.74) is 0.894. The Morgan fingerprint density at radius 1 is 0.927 bits per heavy atom. The average Bonchev–Trinajstić information content (AvgIpc) is 2.92. The van der Waals surface area contributed by atoms with Gasteiger partial charge in [-0.3, -0.25) is 0 Å². The fraction of sp³-hybridized carbons (Fsp3) is 0.321. The molecule has 0 bridgehead atoms. The first-order chi connectivity index (χ1) is 19.1. The van der Waals surface area contributed by atoms with Crippen LogP contribution in [-0.4, -0.2) is 59.8 Å². The number of aryl methyl sites for hydroxylation is 1. The molecule has 0 unspecified atom stereocenters. The number of nitrogens with zero attached hydrogens (tertiary/aromatic N) is 1. The molecule has 0 radical (unpaired) electrons. The van der Waals surface area contributed by atoms with E-state index in [1.165, 1.54) is 40.7 Å². The van der Waals surface area contributed by atoms with Gasteiger partial charge in [-0.25, -0.2) is 34.8 Å². The number of aromatic carboxylic acids is 1. The molecule has 0 saturated carbocycles. The van der Waals surface area contributed by atoms with E-state index in [0.717, 1.165) is 0 Å². The van der Waals surface area contributed by atoms with E-state index in [-0.39, 0.29) is 51.1 Å². The van der Waals surface area contributed by atoms with Gasteiger partial charge in [0.1, 0.15) is 0 Å². The number of fused-ring (bicyclic) bond motifs is 2. The zero-order valence-corrected chi connectivity index (χ0v) is 25.1. The van der Waals surface area contributed by atoms with Gasteiger partial charge in [0, 0.05) is 24.5 Å². The molecule has 3 aromatic rings. The Morgan fingerprint density at radius 3 is 2.15 bits per heavy atom. The summed E-state index contributed by atoms with van der Waals surface area (Å²) in [4.78, 5) is 11.0. The van der Waals surface area contributed by atoms with Crippen molar-refractivity contribution < 1.29 is 35.2 Å². The maximum absolute atomic E-state index is 13.6. The van der Waals surface area contributed by atoms with E-state index >= 15 is 0 Å². The molecule has 0 aromatic heterocycles. The smallest absolute Gasteiger partial charge is 0.335 e. The van der Waals surface area contributed by atoms with Gasteiger partial charge in [-0.05, 0) is 72.9 Å². The molecule has 218 valence electrons. The number of carbonyl (C=O) groups is 1. The van der Waals surface area contributed by atoms with Crippen LogP contribution in [0.25, 0.3) is 0 Å². The molecule has 13 heteroatoms. The molecule has 0 spiro atoms. The standard InChI is InChI=1S/C28H30N2O8S3/c1-18-16-23-26(39(33,34)24-7-5-4-6-22(24)28(23,2)3)17-25(18)40(35,36)29-20-12-14-30(15-13-20)41(37,38)21-10-8-19(9-11-21)27(31)32/h4-11,16-17,20,29H,12-15H2,1-3H3,(H,31,32). The second-order valence-electron chi connectivity index (χ2n) is 10.9. The van der Waals surface area contributed by atoms with Gasteiger partial charge in [-0.15, -0.1) is 0 Å². The Labute approximate surface area is 240 Å². The second-order valence-corrected chi connectivity index (χ2v) is 16.4. The third-order valence-corrected chi connectivity index (χ3v) is 13.3. The Bertz CT molecular complexity index is 1870. The van der Waals surface area contributed by atoms with Gasteiger partial charge >= 0.3 is 5.97 Å². The van der Waals surface area contributed by atoms with Crippen molar-refractivity contribution in [3.05, 3.63) is 82.9 Å². The lowest BCUT2D eigenvalue weighted by Crippen LogP contribution is -2.46. The number of rotatable bonds is 6. The monoisotopic (exact) mass is 618 g/mol. The van der Waals surface area contributed by atoms with E-state index in [9.17, 15) is 30.0 Å². The zero-order valence-electron chi connectivity index (χ0n) is 22.7. The van der Waals surface area contributed by atoms with Crippen LogP contribution in [0, 0.1) is 6.92 Å². The number of carboxylic acids is 1. The van der Waals surface area contributed by atoms with E-state index < -0.39 is 47.3 Å². The van der Waals surface area contributed by atoms with Crippen molar-refractivity contribution in [3.63, 3.8) is 0 Å². The molecule has 0 atom stereocenters. The van der Waals surface area contributed by atoms with Gasteiger partial charge in [0.2, 0.25) is 29.9 Å². The summed E-state index contributed by atoms with van der Waals surface area (Å²) in [6.07, 6.45) is 0.405. The van der Waals surface area contributed by atoms with Crippen LogP contribution >= 0.6 is 0 Å². The number of nitrogens with one attached hydrogen (secondary N) is 1. The van der Waals surface area contributed by atoms with Crippen molar-refractivity contribution >= 4 is 35.9 Å². The van der Waals surface area contributed by atoms with Crippen molar-refractivity contribution in [3.8, 4) is 0 Å². The zero-order chi connectivity index (χ0) is 30.0. The molecule has 2 N–H and O–H groups in total. The molecule has 1 fully saturated rings. The molecule has 0 amide bonds. The fourth-order valence-electron chi connectivity index (χ4n) is 5.57. The molecule has 41 heavy (non-hydrogen) atoms. The maximum atomic E-state index is 13.6. The van der Waals surface area contributed by atoms with Gasteiger partial charge in [0.25, 0.3) is 0 Å². The van der Waals surface area contributed by atoms with Crippen molar-refractivity contribution in [1.29, 1.82) is 0 Å². The summed E-state index contributed by atoms with van der Waals surface area (Å²) in [6, 6.07) is 13.9. The minimum absolute atomic E-state index is 0.0323. The maximum Gasteiger partial charge on any atom is 0.335 e. The molecule has 2 aliphatic heterocycles. The first-order valence-electron chi connectivity index (χ1n) is 12.9.